The van der Waals surface area contributed by atoms with Gasteiger partial charge in [-0.25, -0.2) is 0 Å². The number of hydrogen-bond acceptors (Lipinski definition) is 3. The third-order valence-corrected chi connectivity index (χ3v) is 3.65. The van der Waals surface area contributed by atoms with E-state index in [1.54, 1.807) is 37.2 Å². The molecule has 0 heterocycles. The number of hydrogen-bond donors (Lipinski definition) is 3. The van der Waals surface area contributed by atoms with Crippen LogP contribution in [0.3, 0.4) is 0 Å². The highest BCUT2D eigenvalue weighted by Gasteiger charge is 2.31. The molecule has 5 nitrogen and oxygen atoms in total. The zero-order valence-electron chi connectivity index (χ0n) is 14.0. The van der Waals surface area contributed by atoms with E-state index in [0.717, 1.165) is 12.1 Å². The summed E-state index contributed by atoms with van der Waals surface area (Å²) in [4.78, 5) is 12.6. The van der Waals surface area contributed by atoms with E-state index in [2.05, 4.69) is 10.6 Å². The van der Waals surface area contributed by atoms with Crippen molar-refractivity contribution in [3.8, 4) is 0 Å². The number of nitrogens with two attached hydrogens (primary N) is 1. The molecule has 1 amide bonds. The molecule has 0 aliphatic heterocycles. The second-order valence-corrected chi connectivity index (χ2v) is 6.09. The summed E-state index contributed by atoms with van der Waals surface area (Å²) < 4.78 is 39.2. The van der Waals surface area contributed by atoms with Crippen molar-refractivity contribution in [3.05, 3.63) is 53.6 Å². The van der Waals surface area contributed by atoms with E-state index in [-0.39, 0.29) is 10.8 Å². The van der Waals surface area contributed by atoms with Gasteiger partial charge in [-0.1, -0.05) is 0 Å². The van der Waals surface area contributed by atoms with Crippen LogP contribution in [-0.2, 0) is 6.18 Å². The average molecular weight is 382 g/mol. The van der Waals surface area contributed by atoms with Gasteiger partial charge in [0.25, 0.3) is 0 Å². The molecule has 26 heavy (non-hydrogen) atoms. The number of alkyl halides is 3. The second kappa shape index (κ2) is 7.61. The lowest BCUT2D eigenvalue weighted by Gasteiger charge is -2.18. The van der Waals surface area contributed by atoms with E-state index >= 15 is 0 Å². The monoisotopic (exact) mass is 382 g/mol. The number of carbonyl (C=O) groups excluding carboxylic acids is 1. The van der Waals surface area contributed by atoms with Gasteiger partial charge in [0.1, 0.15) is 0 Å². The predicted octanol–water partition coefficient (Wildman–Crippen LogP) is 3.68. The zero-order valence-corrected chi connectivity index (χ0v) is 14.8. The number of nitrogens with zero attached hydrogens (tertiary/aromatic N) is 1. The molecule has 2 rings (SSSR count). The number of rotatable bonds is 4. The summed E-state index contributed by atoms with van der Waals surface area (Å²) in [5.74, 6) is -0.558. The topological polar surface area (TPSA) is 70.4 Å². The highest BCUT2D eigenvalue weighted by molar-refractivity contribution is 7.80. The van der Waals surface area contributed by atoms with E-state index in [0.29, 0.717) is 16.9 Å². The highest BCUT2D eigenvalue weighted by Crippen LogP contribution is 2.34. The number of thiocarbonyl (C=S) groups is 1. The molecule has 0 aliphatic rings. The number of nitrogens with one attached hydrogen (secondary N) is 2. The van der Waals surface area contributed by atoms with Crippen LogP contribution in [0.1, 0.15) is 15.9 Å². The van der Waals surface area contributed by atoms with Gasteiger partial charge in [-0.15, -0.1) is 0 Å². The summed E-state index contributed by atoms with van der Waals surface area (Å²) in [6.07, 6.45) is -4.47. The Morgan fingerprint density at radius 3 is 2.12 bits per heavy atom. The Morgan fingerprint density at radius 2 is 1.62 bits per heavy atom. The van der Waals surface area contributed by atoms with Crippen molar-refractivity contribution in [3.63, 3.8) is 0 Å². The van der Waals surface area contributed by atoms with Crippen LogP contribution < -0.4 is 21.3 Å². The standard InChI is InChI=1S/C17H17F3N4OS/c1-24(2)14-8-11(17(18,19)20)7-13(9-14)23-16(26)22-12-5-3-10(4-6-12)15(21)25/h3-9H,1-2H3,(H2,21,25)(H2,22,23,26). The van der Waals surface area contributed by atoms with Gasteiger partial charge in [-0.3, -0.25) is 4.79 Å². The number of primary amides is 1. The van der Waals surface area contributed by atoms with Gasteiger partial charge in [0.2, 0.25) is 5.91 Å². The summed E-state index contributed by atoms with van der Waals surface area (Å²) in [6, 6.07) is 9.81. The molecular formula is C17H17F3N4OS. The van der Waals surface area contributed by atoms with Crippen molar-refractivity contribution in [2.24, 2.45) is 5.73 Å². The highest BCUT2D eigenvalue weighted by atomic mass is 32.1. The van der Waals surface area contributed by atoms with Crippen molar-refractivity contribution in [2.75, 3.05) is 29.6 Å². The Kier molecular flexibility index (Phi) is 5.71. The van der Waals surface area contributed by atoms with Gasteiger partial charge in [0.05, 0.1) is 5.56 Å². The normalized spacial score (nSPS) is 11.0. The zero-order chi connectivity index (χ0) is 19.5. The third kappa shape index (κ3) is 5.09. The lowest BCUT2D eigenvalue weighted by molar-refractivity contribution is -0.137. The van der Waals surface area contributed by atoms with Crippen molar-refractivity contribution >= 4 is 40.3 Å². The van der Waals surface area contributed by atoms with Crippen molar-refractivity contribution in [1.29, 1.82) is 0 Å². The van der Waals surface area contributed by atoms with Gasteiger partial charge >= 0.3 is 6.18 Å². The minimum Gasteiger partial charge on any atom is -0.378 e. The van der Waals surface area contributed by atoms with Crippen LogP contribution in [0.25, 0.3) is 0 Å². The fraction of sp³-hybridized carbons (Fsp3) is 0.176. The molecule has 0 fully saturated rings. The second-order valence-electron chi connectivity index (χ2n) is 5.68. The largest absolute Gasteiger partial charge is 0.416 e. The van der Waals surface area contributed by atoms with Crippen LogP contribution in [0.2, 0.25) is 0 Å². The van der Waals surface area contributed by atoms with Crippen LogP contribution in [0.15, 0.2) is 42.5 Å². The number of amides is 1. The van der Waals surface area contributed by atoms with E-state index in [9.17, 15) is 18.0 Å². The first-order chi connectivity index (χ1) is 12.1. The number of halogens is 3. The van der Waals surface area contributed by atoms with Gasteiger partial charge in [0, 0.05) is 36.7 Å². The Hall–Kier alpha value is -2.81. The van der Waals surface area contributed by atoms with Gasteiger partial charge in [-0.05, 0) is 54.7 Å². The molecule has 0 saturated carbocycles. The maximum Gasteiger partial charge on any atom is 0.416 e. The van der Waals surface area contributed by atoms with Crippen LogP contribution in [0.5, 0.6) is 0 Å². The minimum absolute atomic E-state index is 0.112. The molecular weight excluding hydrogens is 365 g/mol. The molecule has 0 spiro atoms. The summed E-state index contributed by atoms with van der Waals surface area (Å²) in [7, 11) is 3.30. The molecule has 0 aromatic heterocycles. The Labute approximate surface area is 154 Å². The lowest BCUT2D eigenvalue weighted by Crippen LogP contribution is -2.20. The molecule has 0 atom stereocenters. The van der Waals surface area contributed by atoms with Crippen molar-refractivity contribution < 1.29 is 18.0 Å². The summed E-state index contributed by atoms with van der Waals surface area (Å²) >= 11 is 5.14. The molecule has 2 aromatic rings. The molecule has 0 bridgehead atoms. The average Bonchev–Trinajstić information content (AvgIpc) is 2.54. The smallest absolute Gasteiger partial charge is 0.378 e. The fourth-order valence-electron chi connectivity index (χ4n) is 2.12. The summed E-state index contributed by atoms with van der Waals surface area (Å²) in [6.45, 7) is 0. The molecule has 0 aliphatic carbocycles. The van der Waals surface area contributed by atoms with Crippen LogP contribution in [-0.4, -0.2) is 25.1 Å². The maximum atomic E-state index is 13.1. The number of benzene rings is 2. The molecule has 0 radical (unpaired) electrons. The fourth-order valence-corrected chi connectivity index (χ4v) is 2.35. The van der Waals surface area contributed by atoms with Gasteiger partial charge in [0.15, 0.2) is 5.11 Å². The van der Waals surface area contributed by atoms with Crippen molar-refractivity contribution in [2.45, 2.75) is 6.18 Å². The quantitative estimate of drug-likeness (QED) is 0.704. The van der Waals surface area contributed by atoms with E-state index in [1.165, 1.54) is 12.1 Å². The summed E-state index contributed by atoms with van der Waals surface area (Å²) in [5.41, 5.74) is 5.87. The molecule has 4 N–H and O–H groups in total. The van der Waals surface area contributed by atoms with Crippen LogP contribution in [0.4, 0.5) is 30.2 Å². The van der Waals surface area contributed by atoms with E-state index in [4.69, 9.17) is 18.0 Å². The summed E-state index contributed by atoms with van der Waals surface area (Å²) in [5, 5.41) is 5.69. The molecule has 0 saturated heterocycles. The lowest BCUT2D eigenvalue weighted by atomic mass is 10.1. The maximum absolute atomic E-state index is 13.1. The Bertz CT molecular complexity index is 820. The molecule has 9 heteroatoms. The van der Waals surface area contributed by atoms with E-state index < -0.39 is 17.6 Å². The minimum atomic E-state index is -4.47. The SMILES string of the molecule is CN(C)c1cc(NC(=S)Nc2ccc(C(N)=O)cc2)cc(C(F)(F)F)c1. The molecule has 138 valence electrons. The van der Waals surface area contributed by atoms with Crippen LogP contribution in [0, 0.1) is 0 Å². The Balaban J connectivity index is 2.17. The van der Waals surface area contributed by atoms with Gasteiger partial charge < -0.3 is 21.3 Å². The van der Waals surface area contributed by atoms with Crippen LogP contribution >= 0.6 is 12.2 Å². The first kappa shape index (κ1) is 19.5. The first-order valence-electron chi connectivity index (χ1n) is 7.44. The Morgan fingerprint density at radius 1 is 1.04 bits per heavy atom. The first-order valence-corrected chi connectivity index (χ1v) is 7.84. The molecule has 2 aromatic carbocycles. The van der Waals surface area contributed by atoms with Crippen molar-refractivity contribution in [1.82, 2.24) is 0 Å². The molecule has 0 unspecified atom stereocenters. The third-order valence-electron chi connectivity index (χ3n) is 3.45. The number of anilines is 3. The number of carbonyl (C=O) groups is 1. The predicted molar refractivity (Wildman–Crippen MR) is 101 cm³/mol. The van der Waals surface area contributed by atoms with Gasteiger partial charge in [-0.2, -0.15) is 13.2 Å². The van der Waals surface area contributed by atoms with E-state index in [1.807, 2.05) is 0 Å².